The topological polar surface area (TPSA) is 61.9 Å². The van der Waals surface area contributed by atoms with E-state index in [1.807, 2.05) is 23.1 Å². The second-order valence-corrected chi connectivity index (χ2v) is 8.07. The molecule has 2 heterocycles. The van der Waals surface area contributed by atoms with E-state index in [9.17, 15) is 9.59 Å². The summed E-state index contributed by atoms with van der Waals surface area (Å²) < 4.78 is 5.42. The van der Waals surface area contributed by atoms with Crippen molar-refractivity contribution in [1.82, 2.24) is 15.1 Å². The molecule has 2 aliphatic heterocycles. The van der Waals surface area contributed by atoms with E-state index in [1.54, 1.807) is 6.92 Å². The van der Waals surface area contributed by atoms with Gasteiger partial charge in [-0.3, -0.25) is 14.5 Å². The van der Waals surface area contributed by atoms with Crippen LogP contribution in [0.25, 0.3) is 0 Å². The van der Waals surface area contributed by atoms with Gasteiger partial charge < -0.3 is 15.0 Å². The van der Waals surface area contributed by atoms with Crippen molar-refractivity contribution in [3.8, 4) is 0 Å². The van der Waals surface area contributed by atoms with E-state index in [1.165, 1.54) is 5.56 Å². The van der Waals surface area contributed by atoms with Crippen LogP contribution in [0.15, 0.2) is 24.3 Å². The molecule has 148 valence electrons. The summed E-state index contributed by atoms with van der Waals surface area (Å²) >= 11 is 0. The van der Waals surface area contributed by atoms with Crippen molar-refractivity contribution < 1.29 is 14.3 Å². The van der Waals surface area contributed by atoms with Crippen LogP contribution in [0, 0.1) is 0 Å². The summed E-state index contributed by atoms with van der Waals surface area (Å²) in [6, 6.07) is 7.96. The third kappa shape index (κ3) is 4.68. The molecule has 1 aromatic rings. The number of rotatable bonds is 5. The Labute approximate surface area is 161 Å². The average Bonchev–Trinajstić information content (AvgIpc) is 2.67. The minimum absolute atomic E-state index is 0.00992. The molecule has 6 nitrogen and oxygen atoms in total. The first kappa shape index (κ1) is 19.8. The molecule has 2 amide bonds. The average molecular weight is 373 g/mol. The maximum atomic E-state index is 12.7. The van der Waals surface area contributed by atoms with E-state index >= 15 is 0 Å². The fraction of sp³-hybridized carbons (Fsp3) is 0.619. The van der Waals surface area contributed by atoms with Crippen molar-refractivity contribution in [2.45, 2.75) is 45.2 Å². The Morgan fingerprint density at radius 1 is 1.19 bits per heavy atom. The third-order valence-corrected chi connectivity index (χ3v) is 5.78. The maximum Gasteiger partial charge on any atom is 0.222 e. The van der Waals surface area contributed by atoms with Gasteiger partial charge in [0.15, 0.2) is 0 Å². The normalized spacial score (nSPS) is 20.9. The zero-order chi connectivity index (χ0) is 19.4. The minimum atomic E-state index is -0.182. The van der Waals surface area contributed by atoms with Crippen molar-refractivity contribution in [3.05, 3.63) is 35.4 Å². The van der Waals surface area contributed by atoms with Crippen LogP contribution >= 0.6 is 0 Å². The van der Waals surface area contributed by atoms with Crippen LogP contribution in [0.3, 0.4) is 0 Å². The number of hydrogen-bond acceptors (Lipinski definition) is 4. The number of carbonyl (C=O) groups is 2. The molecule has 0 aliphatic carbocycles. The quantitative estimate of drug-likeness (QED) is 0.854. The van der Waals surface area contributed by atoms with Crippen LogP contribution in [-0.2, 0) is 20.7 Å². The van der Waals surface area contributed by atoms with Crippen molar-refractivity contribution in [1.29, 1.82) is 0 Å². The Morgan fingerprint density at radius 3 is 2.59 bits per heavy atom. The van der Waals surface area contributed by atoms with E-state index in [2.05, 4.69) is 30.1 Å². The lowest BCUT2D eigenvalue weighted by atomic mass is 9.90. The molecule has 0 bridgehead atoms. The summed E-state index contributed by atoms with van der Waals surface area (Å²) in [5.74, 6) is 0.0141. The van der Waals surface area contributed by atoms with E-state index in [0.717, 1.165) is 38.3 Å². The fourth-order valence-electron chi connectivity index (χ4n) is 4.09. The molecule has 6 heteroatoms. The predicted molar refractivity (Wildman–Crippen MR) is 104 cm³/mol. The highest BCUT2D eigenvalue weighted by atomic mass is 16.5. The van der Waals surface area contributed by atoms with E-state index in [-0.39, 0.29) is 23.4 Å². The van der Waals surface area contributed by atoms with Gasteiger partial charge in [0.05, 0.1) is 25.7 Å². The number of morpholine rings is 1. The molecule has 0 radical (unpaired) electrons. The second-order valence-electron chi connectivity index (χ2n) is 8.07. The number of nitrogens with one attached hydrogen (secondary N) is 1. The number of amides is 2. The monoisotopic (exact) mass is 373 g/mol. The van der Waals surface area contributed by atoms with Gasteiger partial charge in [-0.15, -0.1) is 0 Å². The first-order valence-corrected chi connectivity index (χ1v) is 9.83. The molecule has 1 N–H and O–H groups in total. The zero-order valence-electron chi connectivity index (χ0n) is 16.7. The molecule has 1 fully saturated rings. The number of carbonyl (C=O) groups excluding carboxylic acids is 2. The number of benzene rings is 1. The molecule has 1 aromatic carbocycles. The Bertz CT molecular complexity index is 683. The van der Waals surface area contributed by atoms with Crippen LogP contribution in [0.4, 0.5) is 0 Å². The van der Waals surface area contributed by atoms with E-state index < -0.39 is 0 Å². The second kappa shape index (κ2) is 8.40. The molecule has 1 atom stereocenters. The lowest BCUT2D eigenvalue weighted by Crippen LogP contribution is -2.55. The summed E-state index contributed by atoms with van der Waals surface area (Å²) in [7, 11) is 0. The lowest BCUT2D eigenvalue weighted by molar-refractivity contribution is -0.133. The van der Waals surface area contributed by atoms with Crippen LogP contribution in [0.2, 0.25) is 0 Å². The van der Waals surface area contributed by atoms with Crippen molar-refractivity contribution in [2.24, 2.45) is 0 Å². The van der Waals surface area contributed by atoms with Gasteiger partial charge in [-0.2, -0.15) is 0 Å². The van der Waals surface area contributed by atoms with Crippen molar-refractivity contribution in [3.63, 3.8) is 0 Å². The molecule has 1 unspecified atom stereocenters. The highest BCUT2D eigenvalue weighted by Gasteiger charge is 2.32. The summed E-state index contributed by atoms with van der Waals surface area (Å²) in [6.07, 6.45) is 1.15. The summed E-state index contributed by atoms with van der Waals surface area (Å²) in [6.45, 7) is 10.4. The Kier molecular flexibility index (Phi) is 6.17. The van der Waals surface area contributed by atoms with Gasteiger partial charge in [0.25, 0.3) is 0 Å². The lowest BCUT2D eigenvalue weighted by Gasteiger charge is -2.41. The molecule has 27 heavy (non-hydrogen) atoms. The first-order chi connectivity index (χ1) is 12.9. The fourth-order valence-corrected chi connectivity index (χ4v) is 4.09. The largest absolute Gasteiger partial charge is 0.379 e. The van der Waals surface area contributed by atoms with E-state index in [0.29, 0.717) is 19.5 Å². The Balaban J connectivity index is 1.64. The summed E-state index contributed by atoms with van der Waals surface area (Å²) in [5, 5.41) is 3.10. The minimum Gasteiger partial charge on any atom is -0.379 e. The molecule has 1 saturated heterocycles. The highest BCUT2D eigenvalue weighted by molar-refractivity contribution is 5.79. The molecule has 3 rings (SSSR count). The standard InChI is InChI=1S/C21H31N3O3/c1-16(25)24-9-8-17-6-4-5-7-18(17)19(24)14-20(26)22-15-21(2,3)23-10-12-27-13-11-23/h4-7,19H,8-15H2,1-3H3,(H,22,26). The van der Waals surface area contributed by atoms with Gasteiger partial charge in [0, 0.05) is 38.6 Å². The van der Waals surface area contributed by atoms with Crippen LogP contribution in [0.1, 0.15) is 44.4 Å². The Hall–Kier alpha value is -1.92. The van der Waals surface area contributed by atoms with Crippen LogP contribution in [-0.4, -0.2) is 66.5 Å². The van der Waals surface area contributed by atoms with Gasteiger partial charge >= 0.3 is 0 Å². The highest BCUT2D eigenvalue weighted by Crippen LogP contribution is 2.32. The Morgan fingerprint density at radius 2 is 1.89 bits per heavy atom. The molecule has 0 spiro atoms. The molecular formula is C21H31N3O3. The van der Waals surface area contributed by atoms with Crippen LogP contribution < -0.4 is 5.32 Å². The number of ether oxygens (including phenoxy) is 1. The summed E-state index contributed by atoms with van der Waals surface area (Å²) in [5.41, 5.74) is 2.22. The maximum absolute atomic E-state index is 12.7. The molecule has 2 aliphatic rings. The van der Waals surface area contributed by atoms with Crippen molar-refractivity contribution in [2.75, 3.05) is 39.4 Å². The zero-order valence-corrected chi connectivity index (χ0v) is 16.7. The van der Waals surface area contributed by atoms with Gasteiger partial charge in [0.1, 0.15) is 0 Å². The number of fused-ring (bicyclic) bond motifs is 1. The van der Waals surface area contributed by atoms with Gasteiger partial charge in [-0.1, -0.05) is 24.3 Å². The van der Waals surface area contributed by atoms with Gasteiger partial charge in [0.2, 0.25) is 11.8 Å². The molecular weight excluding hydrogens is 342 g/mol. The van der Waals surface area contributed by atoms with Gasteiger partial charge in [-0.25, -0.2) is 0 Å². The third-order valence-electron chi connectivity index (χ3n) is 5.78. The van der Waals surface area contributed by atoms with Crippen LogP contribution in [0.5, 0.6) is 0 Å². The summed E-state index contributed by atoms with van der Waals surface area (Å²) in [4.78, 5) is 29.0. The van der Waals surface area contributed by atoms with E-state index in [4.69, 9.17) is 4.74 Å². The number of hydrogen-bond donors (Lipinski definition) is 1. The van der Waals surface area contributed by atoms with Crippen molar-refractivity contribution >= 4 is 11.8 Å². The molecule has 0 saturated carbocycles. The predicted octanol–water partition coefficient (Wildman–Crippen LogP) is 1.75. The number of nitrogens with zero attached hydrogens (tertiary/aromatic N) is 2. The SMILES string of the molecule is CC(=O)N1CCc2ccccc2C1CC(=O)NCC(C)(C)N1CCOCC1. The first-order valence-electron chi connectivity index (χ1n) is 9.83. The smallest absolute Gasteiger partial charge is 0.222 e. The van der Waals surface area contributed by atoms with Gasteiger partial charge in [-0.05, 0) is 31.4 Å². The molecule has 0 aromatic heterocycles.